The van der Waals surface area contributed by atoms with Gasteiger partial charge in [0.1, 0.15) is 0 Å². The second-order valence-electron chi connectivity index (χ2n) is 7.27. The van der Waals surface area contributed by atoms with E-state index in [1.807, 2.05) is 0 Å². The van der Waals surface area contributed by atoms with Crippen LogP contribution < -0.4 is 10.0 Å². The summed E-state index contributed by atoms with van der Waals surface area (Å²) in [5, 5.41) is 2.54. The van der Waals surface area contributed by atoms with Gasteiger partial charge >= 0.3 is 0 Å². The van der Waals surface area contributed by atoms with E-state index < -0.39 is 31.3 Å². The number of hydrogen-bond donors (Lipinski definition) is 2. The molecule has 2 N–H and O–H groups in total. The average Bonchev–Trinajstić information content (AvgIpc) is 2.60. The van der Waals surface area contributed by atoms with Crippen LogP contribution in [0.3, 0.4) is 0 Å². The zero-order valence-corrected chi connectivity index (χ0v) is 17.6. The summed E-state index contributed by atoms with van der Waals surface area (Å²) in [6.45, 7) is 5.14. The monoisotopic (exact) mass is 424 g/mol. The van der Waals surface area contributed by atoms with Gasteiger partial charge in [-0.05, 0) is 57.2 Å². The summed E-state index contributed by atoms with van der Waals surface area (Å²) >= 11 is 0. The number of nitrogens with one attached hydrogen (secondary N) is 2. The molecule has 2 aromatic carbocycles. The molecule has 2 rings (SSSR count). The molecule has 0 bridgehead atoms. The molecular weight excluding hydrogens is 400 g/mol. The molecule has 152 valence electrons. The lowest BCUT2D eigenvalue weighted by Gasteiger charge is -2.20. The van der Waals surface area contributed by atoms with Crippen LogP contribution in [0, 0.1) is 0 Å². The van der Waals surface area contributed by atoms with E-state index >= 15 is 0 Å². The summed E-state index contributed by atoms with van der Waals surface area (Å²) < 4.78 is 51.5. The van der Waals surface area contributed by atoms with Crippen molar-refractivity contribution < 1.29 is 21.6 Å². The highest BCUT2D eigenvalue weighted by atomic mass is 32.2. The Hall–Kier alpha value is -2.23. The van der Waals surface area contributed by atoms with E-state index in [1.165, 1.54) is 36.4 Å². The number of rotatable bonds is 7. The number of carbonyl (C=O) groups is 1. The van der Waals surface area contributed by atoms with Crippen LogP contribution >= 0.6 is 0 Å². The van der Waals surface area contributed by atoms with Gasteiger partial charge in [0, 0.05) is 17.6 Å². The van der Waals surface area contributed by atoms with Crippen molar-refractivity contribution in [1.29, 1.82) is 0 Å². The molecule has 28 heavy (non-hydrogen) atoms. The first-order valence-electron chi connectivity index (χ1n) is 8.61. The van der Waals surface area contributed by atoms with E-state index in [0.717, 1.165) is 0 Å². The predicted octanol–water partition coefficient (Wildman–Crippen LogP) is 1.97. The Morgan fingerprint density at radius 2 is 1.43 bits per heavy atom. The first kappa shape index (κ1) is 22.1. The molecule has 0 aliphatic rings. The van der Waals surface area contributed by atoms with Crippen LogP contribution in [0.4, 0.5) is 0 Å². The van der Waals surface area contributed by atoms with Crippen molar-refractivity contribution in [2.75, 3.05) is 12.3 Å². The predicted molar refractivity (Wildman–Crippen MR) is 107 cm³/mol. The van der Waals surface area contributed by atoms with Gasteiger partial charge in [-0.15, -0.1) is 0 Å². The van der Waals surface area contributed by atoms with E-state index in [0.29, 0.717) is 0 Å². The first-order chi connectivity index (χ1) is 12.9. The van der Waals surface area contributed by atoms with Crippen molar-refractivity contribution in [2.24, 2.45) is 0 Å². The molecule has 7 nitrogen and oxygen atoms in total. The fourth-order valence-corrected chi connectivity index (χ4v) is 4.99. The number of benzene rings is 2. The Kier molecular flexibility index (Phi) is 6.63. The van der Waals surface area contributed by atoms with Crippen molar-refractivity contribution in [3.63, 3.8) is 0 Å². The maximum absolute atomic E-state index is 12.3. The minimum atomic E-state index is -3.69. The lowest BCUT2D eigenvalue weighted by Crippen LogP contribution is -2.40. The molecule has 0 heterocycles. The van der Waals surface area contributed by atoms with Gasteiger partial charge in [0.25, 0.3) is 5.91 Å². The summed E-state index contributed by atoms with van der Waals surface area (Å²) in [5.41, 5.74) is -0.383. The molecule has 0 radical (unpaired) electrons. The smallest absolute Gasteiger partial charge is 0.251 e. The molecule has 0 saturated heterocycles. The Morgan fingerprint density at radius 3 is 1.96 bits per heavy atom. The molecule has 0 unspecified atom stereocenters. The largest absolute Gasteiger partial charge is 0.351 e. The first-order valence-corrected chi connectivity index (χ1v) is 11.7. The molecular formula is C19H24N2O5S2. The molecule has 0 fully saturated rings. The van der Waals surface area contributed by atoms with Gasteiger partial charge in [-0.1, -0.05) is 18.2 Å². The third-order valence-electron chi connectivity index (χ3n) is 3.63. The second kappa shape index (κ2) is 8.42. The van der Waals surface area contributed by atoms with Gasteiger partial charge in [0.05, 0.1) is 15.5 Å². The van der Waals surface area contributed by atoms with Gasteiger partial charge in [0.15, 0.2) is 9.84 Å². The standard InChI is InChI=1S/C19H24N2O5S2/c1-19(2,3)21-28(25,26)17-11-9-15(10-12-17)18(22)20-13-14-27(23,24)16-7-5-4-6-8-16/h4-12,21H,13-14H2,1-3H3,(H,20,22). The fraction of sp³-hybridized carbons (Fsp3) is 0.316. The summed E-state index contributed by atoms with van der Waals surface area (Å²) in [4.78, 5) is 12.4. The van der Waals surface area contributed by atoms with E-state index in [9.17, 15) is 21.6 Å². The van der Waals surface area contributed by atoms with Crippen molar-refractivity contribution >= 4 is 25.8 Å². The van der Waals surface area contributed by atoms with Crippen molar-refractivity contribution in [2.45, 2.75) is 36.1 Å². The number of hydrogen-bond acceptors (Lipinski definition) is 5. The third kappa shape index (κ3) is 6.15. The minimum absolute atomic E-state index is 0.0469. The molecule has 0 atom stereocenters. The Morgan fingerprint density at radius 1 is 0.857 bits per heavy atom. The summed E-state index contributed by atoms with van der Waals surface area (Å²) in [7, 11) is -7.17. The van der Waals surface area contributed by atoms with Gasteiger partial charge in [-0.25, -0.2) is 21.6 Å². The zero-order chi connectivity index (χ0) is 21.0. The van der Waals surface area contributed by atoms with Crippen LogP contribution in [0.15, 0.2) is 64.4 Å². The Labute approximate surface area is 166 Å². The van der Waals surface area contributed by atoms with E-state index in [-0.39, 0.29) is 27.7 Å². The quantitative estimate of drug-likeness (QED) is 0.706. The zero-order valence-electron chi connectivity index (χ0n) is 16.0. The lowest BCUT2D eigenvalue weighted by atomic mass is 10.1. The van der Waals surface area contributed by atoms with Crippen LogP contribution in [0.1, 0.15) is 31.1 Å². The van der Waals surface area contributed by atoms with Gasteiger partial charge in [0.2, 0.25) is 10.0 Å². The highest BCUT2D eigenvalue weighted by molar-refractivity contribution is 7.91. The van der Waals surface area contributed by atoms with Crippen molar-refractivity contribution in [3.8, 4) is 0 Å². The number of carbonyl (C=O) groups excluding carboxylic acids is 1. The Balaban J connectivity index is 1.98. The average molecular weight is 425 g/mol. The number of amides is 1. The second-order valence-corrected chi connectivity index (χ2v) is 11.1. The SMILES string of the molecule is CC(C)(C)NS(=O)(=O)c1ccc(C(=O)NCCS(=O)(=O)c2ccccc2)cc1. The van der Waals surface area contributed by atoms with Crippen molar-refractivity contribution in [1.82, 2.24) is 10.0 Å². The lowest BCUT2D eigenvalue weighted by molar-refractivity contribution is 0.0956. The van der Waals surface area contributed by atoms with Gasteiger partial charge in [-0.3, -0.25) is 4.79 Å². The highest BCUT2D eigenvalue weighted by Gasteiger charge is 2.22. The molecule has 0 aromatic heterocycles. The van der Waals surface area contributed by atoms with Crippen molar-refractivity contribution in [3.05, 3.63) is 60.2 Å². The van der Waals surface area contributed by atoms with Crippen LogP contribution in [-0.4, -0.2) is 40.6 Å². The van der Waals surface area contributed by atoms with Crippen LogP contribution in [0.25, 0.3) is 0 Å². The van der Waals surface area contributed by atoms with E-state index in [1.54, 1.807) is 39.0 Å². The van der Waals surface area contributed by atoms with Crippen LogP contribution in [0.2, 0.25) is 0 Å². The molecule has 9 heteroatoms. The summed E-state index contributed by atoms with van der Waals surface area (Å²) in [6.07, 6.45) is 0. The minimum Gasteiger partial charge on any atom is -0.351 e. The third-order valence-corrected chi connectivity index (χ3v) is 7.13. The van der Waals surface area contributed by atoms with Crippen LogP contribution in [0.5, 0.6) is 0 Å². The Bertz CT molecular complexity index is 1020. The summed E-state index contributed by atoms with van der Waals surface area (Å²) in [6, 6.07) is 13.4. The highest BCUT2D eigenvalue weighted by Crippen LogP contribution is 2.14. The van der Waals surface area contributed by atoms with Crippen LogP contribution in [-0.2, 0) is 19.9 Å². The molecule has 1 amide bonds. The molecule has 0 aliphatic heterocycles. The number of sulfonamides is 1. The molecule has 2 aromatic rings. The topological polar surface area (TPSA) is 109 Å². The summed E-state index contributed by atoms with van der Waals surface area (Å²) in [5.74, 6) is -0.707. The molecule has 0 aliphatic carbocycles. The normalized spacial score (nSPS) is 12.5. The molecule has 0 spiro atoms. The van der Waals surface area contributed by atoms with E-state index in [4.69, 9.17) is 0 Å². The molecule has 0 saturated carbocycles. The van der Waals surface area contributed by atoms with E-state index in [2.05, 4.69) is 10.0 Å². The maximum Gasteiger partial charge on any atom is 0.251 e. The maximum atomic E-state index is 12.3. The van der Waals surface area contributed by atoms with Gasteiger partial charge < -0.3 is 5.32 Å². The van der Waals surface area contributed by atoms with Gasteiger partial charge in [-0.2, -0.15) is 0 Å². The fourth-order valence-electron chi connectivity index (χ4n) is 2.39. The number of sulfone groups is 1.